The summed E-state index contributed by atoms with van der Waals surface area (Å²) >= 11 is 0. The Kier molecular flexibility index (Phi) is 45.7. The van der Waals surface area contributed by atoms with Crippen molar-refractivity contribution in [3.8, 4) is 0 Å². The molecular formula is C55H95NO5. The van der Waals surface area contributed by atoms with E-state index in [1.807, 2.05) is 6.08 Å². The lowest BCUT2D eigenvalue weighted by Crippen LogP contribution is -2.46. The zero-order valence-electron chi connectivity index (χ0n) is 39.8. The molecule has 350 valence electrons. The van der Waals surface area contributed by atoms with Crippen LogP contribution in [0.2, 0.25) is 0 Å². The van der Waals surface area contributed by atoms with Gasteiger partial charge >= 0.3 is 5.97 Å². The molecule has 3 unspecified atom stereocenters. The number of ether oxygens (including phenoxy) is 1. The summed E-state index contributed by atoms with van der Waals surface area (Å²) in [4.78, 5) is 26.0. The number of hydrogen-bond donors (Lipinski definition) is 3. The van der Waals surface area contributed by atoms with Crippen LogP contribution in [-0.2, 0) is 14.3 Å². The van der Waals surface area contributed by atoms with Gasteiger partial charge in [-0.2, -0.15) is 0 Å². The van der Waals surface area contributed by atoms with Crippen molar-refractivity contribution in [3.05, 3.63) is 85.1 Å². The molecule has 0 aromatic carbocycles. The minimum Gasteiger partial charge on any atom is -0.458 e. The maximum absolute atomic E-state index is 13.1. The standard InChI is InChI=1S/C55H95NO5/c1-4-7-10-13-16-19-21-23-25-26-27-28-29-31-33-36-39-42-45-48-55(60)61-51(46-43-40-37-35-32-30-24-22-20-17-14-11-8-5-2)49-54(59)56-52(50-57)53(58)47-44-41-38-34-18-15-12-9-6-3/h8,11,16-17,19-20,23-25,30,35,37,43,46,51-53,57-58H,4-7,9-10,12-15,18,21-22,26-29,31-34,36,38-42,44-45,47-50H2,1-3H3,(H,56,59)/b11-8+,19-16-,20-17+,25-23-,30-24+,37-35+,46-43+. The minimum absolute atomic E-state index is 0.0511. The SMILES string of the molecule is CC/C=C/C/C=C/C/C=C/C/C=C/C/C=C/C(CC(=O)NC(CO)C(O)CCCCCCCCCCC)OC(=O)CCCCCCCCCCC/C=C\C/C=C\CCCCC. The Balaban J connectivity index is 4.68. The number of nitrogens with one attached hydrogen (secondary N) is 1. The lowest BCUT2D eigenvalue weighted by atomic mass is 10.0. The van der Waals surface area contributed by atoms with E-state index >= 15 is 0 Å². The summed E-state index contributed by atoms with van der Waals surface area (Å²) in [5, 5.41) is 23.6. The van der Waals surface area contributed by atoms with E-state index in [-0.39, 0.29) is 24.9 Å². The highest BCUT2D eigenvalue weighted by molar-refractivity contribution is 5.78. The molecule has 0 saturated carbocycles. The fraction of sp³-hybridized carbons (Fsp3) is 0.709. The minimum atomic E-state index is -0.821. The largest absolute Gasteiger partial charge is 0.458 e. The van der Waals surface area contributed by atoms with E-state index in [9.17, 15) is 19.8 Å². The van der Waals surface area contributed by atoms with Gasteiger partial charge in [-0.3, -0.25) is 9.59 Å². The number of carbonyl (C=O) groups is 2. The molecule has 6 nitrogen and oxygen atoms in total. The summed E-state index contributed by atoms with van der Waals surface area (Å²) in [6.45, 7) is 6.28. The van der Waals surface area contributed by atoms with Crippen LogP contribution >= 0.6 is 0 Å². The molecule has 0 bridgehead atoms. The van der Waals surface area contributed by atoms with E-state index in [2.05, 4.69) is 99.0 Å². The third-order valence-electron chi connectivity index (χ3n) is 11.0. The highest BCUT2D eigenvalue weighted by Crippen LogP contribution is 2.15. The van der Waals surface area contributed by atoms with Gasteiger partial charge < -0.3 is 20.3 Å². The molecule has 1 amide bonds. The Bertz CT molecular complexity index is 1180. The fourth-order valence-electron chi connectivity index (χ4n) is 7.13. The van der Waals surface area contributed by atoms with E-state index in [1.165, 1.54) is 109 Å². The van der Waals surface area contributed by atoms with Crippen molar-refractivity contribution in [1.82, 2.24) is 5.32 Å². The first-order valence-electron chi connectivity index (χ1n) is 25.3. The second-order valence-electron chi connectivity index (χ2n) is 16.8. The van der Waals surface area contributed by atoms with E-state index in [0.29, 0.717) is 19.3 Å². The van der Waals surface area contributed by atoms with Crippen LogP contribution in [0, 0.1) is 0 Å². The quantitative estimate of drug-likeness (QED) is 0.0322. The maximum atomic E-state index is 13.1. The maximum Gasteiger partial charge on any atom is 0.306 e. The Labute approximate surface area is 376 Å². The lowest BCUT2D eigenvalue weighted by Gasteiger charge is -2.23. The predicted octanol–water partition coefficient (Wildman–Crippen LogP) is 15.2. The zero-order chi connectivity index (χ0) is 44.5. The van der Waals surface area contributed by atoms with Gasteiger partial charge in [0.1, 0.15) is 6.10 Å². The van der Waals surface area contributed by atoms with Gasteiger partial charge in [-0.25, -0.2) is 0 Å². The van der Waals surface area contributed by atoms with Crippen LogP contribution in [0.4, 0.5) is 0 Å². The third kappa shape index (κ3) is 43.5. The summed E-state index contributed by atoms with van der Waals surface area (Å²) in [5.41, 5.74) is 0. The summed E-state index contributed by atoms with van der Waals surface area (Å²) in [7, 11) is 0. The summed E-state index contributed by atoms with van der Waals surface area (Å²) in [5.74, 6) is -0.638. The number of aliphatic hydroxyl groups is 2. The molecule has 0 aromatic rings. The normalized spacial score (nSPS) is 14.0. The predicted molar refractivity (Wildman–Crippen MR) is 264 cm³/mol. The Morgan fingerprint density at radius 1 is 0.508 bits per heavy atom. The molecule has 0 spiro atoms. The summed E-state index contributed by atoms with van der Waals surface area (Å²) < 4.78 is 5.82. The molecule has 0 aliphatic heterocycles. The number of carbonyl (C=O) groups excluding carboxylic acids is 2. The number of hydrogen-bond acceptors (Lipinski definition) is 5. The van der Waals surface area contributed by atoms with Gasteiger partial charge in [0.15, 0.2) is 0 Å². The molecule has 0 aromatic heterocycles. The number of amides is 1. The van der Waals surface area contributed by atoms with Crippen molar-refractivity contribution in [2.45, 2.75) is 244 Å². The van der Waals surface area contributed by atoms with Crippen molar-refractivity contribution in [2.24, 2.45) is 0 Å². The molecule has 0 aliphatic rings. The van der Waals surface area contributed by atoms with Crippen LogP contribution in [0.5, 0.6) is 0 Å². The first kappa shape index (κ1) is 58.0. The average Bonchev–Trinajstić information content (AvgIpc) is 3.25. The molecule has 0 rings (SSSR count). The second kappa shape index (κ2) is 48.1. The van der Waals surface area contributed by atoms with Crippen molar-refractivity contribution in [1.29, 1.82) is 0 Å². The van der Waals surface area contributed by atoms with Gasteiger partial charge in [-0.15, -0.1) is 0 Å². The summed E-state index contributed by atoms with van der Waals surface area (Å²) in [6, 6.07) is -0.745. The molecule has 61 heavy (non-hydrogen) atoms. The van der Waals surface area contributed by atoms with Crippen molar-refractivity contribution in [3.63, 3.8) is 0 Å². The zero-order valence-corrected chi connectivity index (χ0v) is 39.8. The Morgan fingerprint density at radius 2 is 0.918 bits per heavy atom. The van der Waals surface area contributed by atoms with E-state index in [4.69, 9.17) is 4.74 Å². The third-order valence-corrected chi connectivity index (χ3v) is 11.0. The van der Waals surface area contributed by atoms with Crippen molar-refractivity contribution >= 4 is 11.9 Å². The van der Waals surface area contributed by atoms with Crippen LogP contribution in [0.15, 0.2) is 85.1 Å². The van der Waals surface area contributed by atoms with Gasteiger partial charge in [-0.05, 0) is 83.1 Å². The molecule has 0 heterocycles. The number of rotatable bonds is 44. The molecule has 3 N–H and O–H groups in total. The van der Waals surface area contributed by atoms with Crippen LogP contribution in [0.3, 0.4) is 0 Å². The van der Waals surface area contributed by atoms with E-state index < -0.39 is 18.2 Å². The smallest absolute Gasteiger partial charge is 0.306 e. The molecule has 0 saturated heterocycles. The van der Waals surface area contributed by atoms with Gasteiger partial charge in [0, 0.05) is 6.42 Å². The first-order valence-corrected chi connectivity index (χ1v) is 25.3. The number of unbranched alkanes of at least 4 members (excludes halogenated alkanes) is 20. The fourth-order valence-corrected chi connectivity index (χ4v) is 7.13. The van der Waals surface area contributed by atoms with Gasteiger partial charge in [0.05, 0.1) is 25.2 Å². The highest BCUT2D eigenvalue weighted by atomic mass is 16.5. The van der Waals surface area contributed by atoms with Crippen molar-refractivity contribution < 1.29 is 24.5 Å². The van der Waals surface area contributed by atoms with Gasteiger partial charge in [0.25, 0.3) is 0 Å². The first-order chi connectivity index (χ1) is 30.0. The topological polar surface area (TPSA) is 95.9 Å². The number of allylic oxidation sites excluding steroid dienone is 13. The van der Waals surface area contributed by atoms with Crippen molar-refractivity contribution in [2.75, 3.05) is 6.61 Å². The molecule has 0 radical (unpaired) electrons. The molecule has 6 heteroatoms. The van der Waals surface area contributed by atoms with Crippen LogP contribution in [0.25, 0.3) is 0 Å². The van der Waals surface area contributed by atoms with Crippen LogP contribution < -0.4 is 5.32 Å². The summed E-state index contributed by atoms with van der Waals surface area (Å²) in [6.07, 6.45) is 62.5. The molecule has 3 atom stereocenters. The Morgan fingerprint density at radius 3 is 1.43 bits per heavy atom. The second-order valence-corrected chi connectivity index (χ2v) is 16.8. The monoisotopic (exact) mass is 850 g/mol. The average molecular weight is 850 g/mol. The number of aliphatic hydroxyl groups excluding tert-OH is 2. The van der Waals surface area contributed by atoms with Crippen LogP contribution in [0.1, 0.15) is 226 Å². The lowest BCUT2D eigenvalue weighted by molar-refractivity contribution is -0.148. The van der Waals surface area contributed by atoms with Gasteiger partial charge in [-0.1, -0.05) is 215 Å². The van der Waals surface area contributed by atoms with E-state index in [1.54, 1.807) is 6.08 Å². The molecular weight excluding hydrogens is 755 g/mol. The number of esters is 1. The molecule has 0 aliphatic carbocycles. The van der Waals surface area contributed by atoms with E-state index in [0.717, 1.165) is 70.6 Å². The highest BCUT2D eigenvalue weighted by Gasteiger charge is 2.23. The Hall–Kier alpha value is -2.96. The van der Waals surface area contributed by atoms with Crippen LogP contribution in [-0.4, -0.2) is 46.9 Å². The van der Waals surface area contributed by atoms with Gasteiger partial charge in [0.2, 0.25) is 5.91 Å². The molecule has 0 fully saturated rings.